The van der Waals surface area contributed by atoms with E-state index in [2.05, 4.69) is 4.74 Å². The average molecular weight is 125 g/mol. The van der Waals surface area contributed by atoms with E-state index in [4.69, 9.17) is 0 Å². The van der Waals surface area contributed by atoms with Crippen molar-refractivity contribution in [2.45, 2.75) is 6.92 Å². The van der Waals surface area contributed by atoms with Crippen molar-refractivity contribution >= 4 is 5.97 Å². The topological polar surface area (TPSA) is 26.3 Å². The quantitative estimate of drug-likeness (QED) is 0.431. The van der Waals surface area contributed by atoms with E-state index in [1.807, 2.05) is 0 Å². The van der Waals surface area contributed by atoms with Crippen LogP contribution in [0.25, 0.3) is 0 Å². The molecule has 0 amide bonds. The smallest absolute Gasteiger partial charge is 0.302 e. The van der Waals surface area contributed by atoms with Gasteiger partial charge >= 0.3 is 5.97 Å². The van der Waals surface area contributed by atoms with E-state index in [-0.39, 0.29) is 24.5 Å². The molecule has 2 nitrogen and oxygen atoms in total. The maximum atomic E-state index is 9.59. The third kappa shape index (κ3) is 8.96. The van der Waals surface area contributed by atoms with Crippen molar-refractivity contribution in [1.29, 1.82) is 0 Å². The molecule has 0 N–H and O–H groups in total. The van der Waals surface area contributed by atoms with Gasteiger partial charge in [-0.3, -0.25) is 4.79 Å². The molecule has 0 bridgehead atoms. The predicted octanol–water partition coefficient (Wildman–Crippen LogP) is 0.177. The molecule has 0 fully saturated rings. The molecule has 0 aliphatic carbocycles. The Morgan fingerprint density at radius 1 is 1.67 bits per heavy atom. The first-order valence-electron chi connectivity index (χ1n) is 1.32. The third-order valence-corrected chi connectivity index (χ3v) is 0.287. The summed E-state index contributed by atoms with van der Waals surface area (Å²) in [6.07, 6.45) is 0. The molecule has 0 atom stereocenters. The Labute approximate surface area is 48.8 Å². The molecular formula is C3H6O2V. The zero-order valence-electron chi connectivity index (χ0n) is 3.76. The van der Waals surface area contributed by atoms with E-state index in [0.717, 1.165) is 0 Å². The molecular weight excluding hydrogens is 119 g/mol. The van der Waals surface area contributed by atoms with E-state index in [1.165, 1.54) is 14.0 Å². The molecule has 0 aromatic carbocycles. The fraction of sp³-hybridized carbons (Fsp3) is 0.667. The average Bonchev–Trinajstić information content (AvgIpc) is 1.38. The zero-order chi connectivity index (χ0) is 4.28. The molecule has 0 saturated carbocycles. The van der Waals surface area contributed by atoms with Gasteiger partial charge in [-0.05, 0) is 0 Å². The molecule has 3 heteroatoms. The van der Waals surface area contributed by atoms with Crippen LogP contribution in [0.15, 0.2) is 0 Å². The summed E-state index contributed by atoms with van der Waals surface area (Å²) in [5, 5.41) is 0. The summed E-state index contributed by atoms with van der Waals surface area (Å²) in [4.78, 5) is 9.59. The number of carbonyl (C=O) groups excluding carboxylic acids is 1. The molecule has 35 valence electrons. The SMILES string of the molecule is COC(C)=O.[V]. The van der Waals surface area contributed by atoms with Gasteiger partial charge in [0.2, 0.25) is 0 Å². The molecule has 0 aromatic heterocycles. The summed E-state index contributed by atoms with van der Waals surface area (Å²) in [5.74, 6) is -0.245. The van der Waals surface area contributed by atoms with Crippen LogP contribution in [0, 0.1) is 0 Å². The second kappa shape index (κ2) is 5.05. The normalized spacial score (nSPS) is 5.67. The van der Waals surface area contributed by atoms with Gasteiger partial charge < -0.3 is 4.74 Å². The molecule has 0 spiro atoms. The number of hydrogen-bond donors (Lipinski definition) is 0. The first-order chi connectivity index (χ1) is 2.27. The molecule has 0 rings (SSSR count). The Kier molecular flexibility index (Phi) is 7.93. The van der Waals surface area contributed by atoms with Crippen molar-refractivity contribution in [3.63, 3.8) is 0 Å². The van der Waals surface area contributed by atoms with Gasteiger partial charge in [0.1, 0.15) is 0 Å². The maximum absolute atomic E-state index is 9.59. The van der Waals surface area contributed by atoms with Gasteiger partial charge in [-0.2, -0.15) is 0 Å². The van der Waals surface area contributed by atoms with Crippen LogP contribution in [0.1, 0.15) is 6.92 Å². The zero-order valence-corrected chi connectivity index (χ0v) is 5.16. The minimum Gasteiger partial charge on any atom is -0.469 e. The molecule has 1 radical (unpaired) electrons. The van der Waals surface area contributed by atoms with Gasteiger partial charge in [-0.25, -0.2) is 0 Å². The molecule has 0 aromatic rings. The Bertz CT molecular complexity index is 44.1. The van der Waals surface area contributed by atoms with Crippen molar-refractivity contribution < 1.29 is 28.1 Å². The van der Waals surface area contributed by atoms with Crippen LogP contribution in [0.5, 0.6) is 0 Å². The maximum Gasteiger partial charge on any atom is 0.302 e. The van der Waals surface area contributed by atoms with Gasteiger partial charge in [0.05, 0.1) is 7.11 Å². The number of ether oxygens (including phenoxy) is 1. The summed E-state index contributed by atoms with van der Waals surface area (Å²) in [5.41, 5.74) is 0. The van der Waals surface area contributed by atoms with Crippen LogP contribution >= 0.6 is 0 Å². The molecule has 0 heterocycles. The van der Waals surface area contributed by atoms with Crippen molar-refractivity contribution in [2.24, 2.45) is 0 Å². The Morgan fingerprint density at radius 3 is 1.83 bits per heavy atom. The number of carbonyl (C=O) groups is 1. The summed E-state index contributed by atoms with van der Waals surface area (Å²) >= 11 is 0. The summed E-state index contributed by atoms with van der Waals surface area (Å²) in [7, 11) is 1.35. The molecule has 0 saturated heterocycles. The van der Waals surface area contributed by atoms with Crippen LogP contribution in [0.4, 0.5) is 0 Å². The number of esters is 1. The standard InChI is InChI=1S/C3H6O2.V/c1-3(4)5-2;/h1-2H3;. The van der Waals surface area contributed by atoms with E-state index in [0.29, 0.717) is 0 Å². The van der Waals surface area contributed by atoms with Crippen LogP contribution in [-0.2, 0) is 28.1 Å². The van der Waals surface area contributed by atoms with Crippen LogP contribution < -0.4 is 0 Å². The Balaban J connectivity index is 0. The van der Waals surface area contributed by atoms with Gasteiger partial charge in [0.15, 0.2) is 0 Å². The second-order valence-electron chi connectivity index (χ2n) is 0.696. The Morgan fingerprint density at radius 2 is 1.83 bits per heavy atom. The minimum atomic E-state index is -0.245. The summed E-state index contributed by atoms with van der Waals surface area (Å²) in [6.45, 7) is 1.36. The minimum absolute atomic E-state index is 0. The number of hydrogen-bond acceptors (Lipinski definition) is 2. The summed E-state index contributed by atoms with van der Waals surface area (Å²) in [6, 6.07) is 0. The largest absolute Gasteiger partial charge is 0.469 e. The number of methoxy groups -OCH3 is 1. The van der Waals surface area contributed by atoms with Crippen LogP contribution in [0.2, 0.25) is 0 Å². The fourth-order valence-electron chi connectivity index (χ4n) is 0. The van der Waals surface area contributed by atoms with E-state index < -0.39 is 0 Å². The Hall–Kier alpha value is 0.0544. The molecule has 6 heavy (non-hydrogen) atoms. The predicted molar refractivity (Wildman–Crippen MR) is 17.7 cm³/mol. The van der Waals surface area contributed by atoms with Crippen LogP contribution in [0.3, 0.4) is 0 Å². The third-order valence-electron chi connectivity index (χ3n) is 0.287. The van der Waals surface area contributed by atoms with Gasteiger partial charge in [-0.15, -0.1) is 0 Å². The van der Waals surface area contributed by atoms with Crippen molar-refractivity contribution in [1.82, 2.24) is 0 Å². The monoisotopic (exact) mass is 125 g/mol. The first-order valence-corrected chi connectivity index (χ1v) is 1.32. The van der Waals surface area contributed by atoms with Crippen molar-refractivity contribution in [3.8, 4) is 0 Å². The van der Waals surface area contributed by atoms with Crippen molar-refractivity contribution in [2.75, 3.05) is 7.11 Å². The van der Waals surface area contributed by atoms with Gasteiger partial charge in [0.25, 0.3) is 0 Å². The fourth-order valence-corrected chi connectivity index (χ4v) is 0. The summed E-state index contributed by atoms with van der Waals surface area (Å²) < 4.78 is 4.11. The van der Waals surface area contributed by atoms with E-state index >= 15 is 0 Å². The molecule has 0 unspecified atom stereocenters. The molecule has 0 aliphatic heterocycles. The van der Waals surface area contributed by atoms with Gasteiger partial charge in [-0.1, -0.05) is 0 Å². The van der Waals surface area contributed by atoms with Crippen LogP contribution in [-0.4, -0.2) is 13.1 Å². The van der Waals surface area contributed by atoms with E-state index in [9.17, 15) is 4.79 Å². The van der Waals surface area contributed by atoms with Crippen molar-refractivity contribution in [3.05, 3.63) is 0 Å². The van der Waals surface area contributed by atoms with Gasteiger partial charge in [0, 0.05) is 25.5 Å². The first kappa shape index (κ1) is 9.41. The number of rotatable bonds is 0. The molecule has 0 aliphatic rings. The van der Waals surface area contributed by atoms with E-state index in [1.54, 1.807) is 0 Å². The second-order valence-corrected chi connectivity index (χ2v) is 0.696.